The fourth-order valence-electron chi connectivity index (χ4n) is 1.71. The molecule has 5 nitrogen and oxygen atoms in total. The van der Waals surface area contributed by atoms with Gasteiger partial charge in [-0.25, -0.2) is 4.68 Å². The first-order chi connectivity index (χ1) is 9.90. The summed E-state index contributed by atoms with van der Waals surface area (Å²) >= 11 is 11.9. The molecule has 0 saturated carbocycles. The third-order valence-electron chi connectivity index (χ3n) is 2.80. The van der Waals surface area contributed by atoms with Crippen molar-refractivity contribution in [2.45, 2.75) is 6.92 Å². The van der Waals surface area contributed by atoms with E-state index in [1.165, 1.54) is 6.08 Å². The van der Waals surface area contributed by atoms with Crippen molar-refractivity contribution in [3.8, 4) is 5.69 Å². The van der Waals surface area contributed by atoms with Crippen molar-refractivity contribution in [2.24, 2.45) is 0 Å². The Morgan fingerprint density at radius 1 is 1.29 bits per heavy atom. The van der Waals surface area contributed by atoms with Crippen LogP contribution in [0.5, 0.6) is 0 Å². The summed E-state index contributed by atoms with van der Waals surface area (Å²) in [5.74, 6) is -0.201. The lowest BCUT2D eigenvalue weighted by molar-refractivity contribution is 0.104. The van der Waals surface area contributed by atoms with E-state index in [0.717, 1.165) is 0 Å². The van der Waals surface area contributed by atoms with E-state index in [-0.39, 0.29) is 5.78 Å². The van der Waals surface area contributed by atoms with Crippen LogP contribution in [0.1, 0.15) is 16.2 Å². The molecule has 0 aliphatic carbocycles. The molecule has 110 valence electrons. The summed E-state index contributed by atoms with van der Waals surface area (Å²) in [6, 6.07) is 5.11. The van der Waals surface area contributed by atoms with E-state index in [4.69, 9.17) is 23.2 Å². The number of hydrogen-bond donors (Lipinski definition) is 0. The number of carbonyl (C=O) groups excluding carboxylic acids is 1. The number of benzene rings is 1. The van der Waals surface area contributed by atoms with Crippen LogP contribution in [0.25, 0.3) is 5.69 Å². The summed E-state index contributed by atoms with van der Waals surface area (Å²) in [4.78, 5) is 13.8. The standard InChI is InChI=1S/C14H14Cl2N4O/c1-9-14(13(21)6-7-19(2)3)17-18-20(9)10-4-5-11(15)12(16)8-10/h4-8H,1-3H3/b7-6+. The Kier molecular flexibility index (Phi) is 4.65. The van der Waals surface area contributed by atoms with Gasteiger partial charge in [-0.1, -0.05) is 28.4 Å². The van der Waals surface area contributed by atoms with Crippen molar-refractivity contribution in [1.82, 2.24) is 19.9 Å². The maximum Gasteiger partial charge on any atom is 0.209 e. The Morgan fingerprint density at radius 2 is 2.00 bits per heavy atom. The topological polar surface area (TPSA) is 51.0 Å². The highest BCUT2D eigenvalue weighted by atomic mass is 35.5. The van der Waals surface area contributed by atoms with Gasteiger partial charge in [-0.15, -0.1) is 5.10 Å². The van der Waals surface area contributed by atoms with Crippen molar-refractivity contribution in [3.05, 3.63) is 51.9 Å². The van der Waals surface area contributed by atoms with Gasteiger partial charge in [0.15, 0.2) is 5.69 Å². The molecule has 0 bridgehead atoms. The average molecular weight is 325 g/mol. The second-order valence-corrected chi connectivity index (χ2v) is 5.49. The minimum atomic E-state index is -0.201. The summed E-state index contributed by atoms with van der Waals surface area (Å²) in [5.41, 5.74) is 1.64. The maximum absolute atomic E-state index is 12.1. The Labute approximate surface area is 132 Å². The minimum absolute atomic E-state index is 0.201. The molecule has 0 amide bonds. The van der Waals surface area contributed by atoms with E-state index >= 15 is 0 Å². The average Bonchev–Trinajstić information content (AvgIpc) is 2.81. The summed E-state index contributed by atoms with van der Waals surface area (Å²) in [6.45, 7) is 1.78. The smallest absolute Gasteiger partial charge is 0.209 e. The first-order valence-electron chi connectivity index (χ1n) is 6.17. The maximum atomic E-state index is 12.1. The van der Waals surface area contributed by atoms with Gasteiger partial charge in [0, 0.05) is 26.4 Å². The molecule has 0 N–H and O–H groups in total. The second kappa shape index (κ2) is 6.28. The van der Waals surface area contributed by atoms with Crippen molar-refractivity contribution in [3.63, 3.8) is 0 Å². The van der Waals surface area contributed by atoms with Crippen LogP contribution in [-0.4, -0.2) is 39.8 Å². The Bertz CT molecular complexity index is 707. The predicted octanol–water partition coefficient (Wildman–Crippen LogP) is 3.14. The normalized spacial score (nSPS) is 11.1. The molecule has 0 aliphatic heterocycles. The zero-order chi connectivity index (χ0) is 15.6. The Morgan fingerprint density at radius 3 is 2.62 bits per heavy atom. The number of halogens is 2. The van der Waals surface area contributed by atoms with Gasteiger partial charge in [-0.2, -0.15) is 0 Å². The number of rotatable bonds is 4. The summed E-state index contributed by atoms with van der Waals surface area (Å²) in [5, 5.41) is 8.82. The lowest BCUT2D eigenvalue weighted by atomic mass is 10.2. The molecule has 0 spiro atoms. The molecule has 7 heteroatoms. The fourth-order valence-corrected chi connectivity index (χ4v) is 2.01. The highest BCUT2D eigenvalue weighted by molar-refractivity contribution is 6.42. The summed E-state index contributed by atoms with van der Waals surface area (Å²) in [7, 11) is 3.67. The van der Waals surface area contributed by atoms with E-state index in [1.54, 1.807) is 40.9 Å². The van der Waals surface area contributed by atoms with Crippen LogP contribution in [0.4, 0.5) is 0 Å². The number of aromatic nitrogens is 3. The third kappa shape index (κ3) is 3.43. The van der Waals surface area contributed by atoms with Crippen LogP contribution in [0.2, 0.25) is 10.0 Å². The van der Waals surface area contributed by atoms with Crippen molar-refractivity contribution in [1.29, 1.82) is 0 Å². The molecule has 0 unspecified atom stereocenters. The molecule has 1 heterocycles. The number of ketones is 1. The lowest BCUT2D eigenvalue weighted by Gasteiger charge is -2.05. The van der Waals surface area contributed by atoms with Gasteiger partial charge >= 0.3 is 0 Å². The third-order valence-corrected chi connectivity index (χ3v) is 3.54. The van der Waals surface area contributed by atoms with Crippen LogP contribution in [0.3, 0.4) is 0 Å². The highest BCUT2D eigenvalue weighted by Gasteiger charge is 2.15. The first kappa shape index (κ1) is 15.5. The van der Waals surface area contributed by atoms with Crippen LogP contribution in [0, 0.1) is 6.92 Å². The van der Waals surface area contributed by atoms with E-state index in [1.807, 2.05) is 14.1 Å². The molecule has 0 atom stereocenters. The number of nitrogens with zero attached hydrogens (tertiary/aromatic N) is 4. The Balaban J connectivity index is 2.36. The molecular weight excluding hydrogens is 311 g/mol. The minimum Gasteiger partial charge on any atom is -0.383 e. The van der Waals surface area contributed by atoms with Crippen LogP contribution in [0.15, 0.2) is 30.5 Å². The predicted molar refractivity (Wildman–Crippen MR) is 83.3 cm³/mol. The second-order valence-electron chi connectivity index (χ2n) is 4.68. The highest BCUT2D eigenvalue weighted by Crippen LogP contribution is 2.25. The van der Waals surface area contributed by atoms with E-state index in [2.05, 4.69) is 10.3 Å². The van der Waals surface area contributed by atoms with E-state index < -0.39 is 0 Å². The quantitative estimate of drug-likeness (QED) is 0.640. The largest absolute Gasteiger partial charge is 0.383 e. The molecule has 0 saturated heterocycles. The monoisotopic (exact) mass is 324 g/mol. The van der Waals surface area contributed by atoms with Gasteiger partial charge in [0.2, 0.25) is 5.78 Å². The Hall–Kier alpha value is -1.85. The molecular formula is C14H14Cl2N4O. The SMILES string of the molecule is Cc1c(C(=O)/C=C/N(C)C)nnn1-c1ccc(Cl)c(Cl)c1. The number of allylic oxidation sites excluding steroid dienone is 1. The first-order valence-corrected chi connectivity index (χ1v) is 6.92. The lowest BCUT2D eigenvalue weighted by Crippen LogP contribution is -2.05. The van der Waals surface area contributed by atoms with Crippen LogP contribution in [-0.2, 0) is 0 Å². The molecule has 21 heavy (non-hydrogen) atoms. The van der Waals surface area contributed by atoms with Crippen molar-refractivity contribution >= 4 is 29.0 Å². The van der Waals surface area contributed by atoms with Crippen molar-refractivity contribution in [2.75, 3.05) is 14.1 Å². The molecule has 2 aromatic rings. The van der Waals surface area contributed by atoms with E-state index in [0.29, 0.717) is 27.1 Å². The fraction of sp³-hybridized carbons (Fsp3) is 0.214. The molecule has 1 aromatic carbocycles. The van der Waals surface area contributed by atoms with E-state index in [9.17, 15) is 4.79 Å². The van der Waals surface area contributed by atoms with Crippen LogP contribution < -0.4 is 0 Å². The summed E-state index contributed by atoms with van der Waals surface area (Å²) in [6.07, 6.45) is 3.12. The van der Waals surface area contributed by atoms with Gasteiger partial charge in [0.25, 0.3) is 0 Å². The van der Waals surface area contributed by atoms with Gasteiger partial charge in [0.05, 0.1) is 21.4 Å². The summed E-state index contributed by atoms with van der Waals surface area (Å²) < 4.78 is 1.55. The number of carbonyl (C=O) groups is 1. The molecule has 0 fully saturated rings. The zero-order valence-corrected chi connectivity index (χ0v) is 13.4. The number of hydrogen-bond acceptors (Lipinski definition) is 4. The van der Waals surface area contributed by atoms with Gasteiger partial charge < -0.3 is 4.90 Å². The molecule has 1 aromatic heterocycles. The van der Waals surface area contributed by atoms with Crippen molar-refractivity contribution < 1.29 is 4.79 Å². The van der Waals surface area contributed by atoms with Gasteiger partial charge in [-0.05, 0) is 25.1 Å². The molecule has 2 rings (SSSR count). The molecule has 0 radical (unpaired) electrons. The van der Waals surface area contributed by atoms with Gasteiger partial charge in [0.1, 0.15) is 0 Å². The van der Waals surface area contributed by atoms with Crippen LogP contribution >= 0.6 is 23.2 Å². The zero-order valence-electron chi connectivity index (χ0n) is 11.8. The van der Waals surface area contributed by atoms with Gasteiger partial charge in [-0.3, -0.25) is 4.79 Å². The molecule has 0 aliphatic rings.